The van der Waals surface area contributed by atoms with Gasteiger partial charge in [-0.3, -0.25) is 18.9 Å². The molecule has 0 unspecified atom stereocenters. The summed E-state index contributed by atoms with van der Waals surface area (Å²) in [5.74, 6) is 6.36. The largest absolute Gasteiger partial charge is 0.487 e. The number of carbonyl (C=O) groups excluding carboxylic acids is 1. The average Bonchev–Trinajstić information content (AvgIpc) is 3.15. The lowest BCUT2D eigenvalue weighted by atomic mass is 10.0. The molecule has 0 spiro atoms. The Bertz CT molecular complexity index is 1370. The quantitative estimate of drug-likeness (QED) is 0.191. The number of amides is 1. The standard InChI is InChI=1S/C25H26N3O7P/c1-18(30)27(17-35-36(31,32)33)21-11-10-20-15-28-22(16-34-25(20)14-21)13-24(26-28)23-9-5-4-8-19(23)7-3-2-6-12-29/h4-5,8-11,13-14,29H,2,6,12,15-17H2,1H3,(H2,31,32,33). The maximum absolute atomic E-state index is 12.0. The molecular weight excluding hydrogens is 485 g/mol. The third-order valence-electron chi connectivity index (χ3n) is 5.54. The molecule has 0 radical (unpaired) electrons. The van der Waals surface area contributed by atoms with Gasteiger partial charge in [0.25, 0.3) is 0 Å². The number of phosphoric ester groups is 1. The van der Waals surface area contributed by atoms with Gasteiger partial charge in [-0.2, -0.15) is 5.10 Å². The van der Waals surface area contributed by atoms with Crippen molar-refractivity contribution in [3.8, 4) is 28.8 Å². The molecule has 0 bridgehead atoms. The Kier molecular flexibility index (Phi) is 7.89. The van der Waals surface area contributed by atoms with E-state index in [1.165, 1.54) is 6.92 Å². The number of hydrogen-bond acceptors (Lipinski definition) is 6. The van der Waals surface area contributed by atoms with Crippen LogP contribution in [0.25, 0.3) is 11.3 Å². The summed E-state index contributed by atoms with van der Waals surface area (Å²) in [5.41, 5.74) is 4.63. The topological polar surface area (TPSA) is 134 Å². The van der Waals surface area contributed by atoms with E-state index in [1.807, 2.05) is 35.0 Å². The third kappa shape index (κ3) is 6.21. The number of hydrogen-bond donors (Lipinski definition) is 3. The second-order valence-electron chi connectivity index (χ2n) is 8.13. The number of aliphatic hydroxyl groups is 1. The normalized spacial score (nSPS) is 12.4. The van der Waals surface area contributed by atoms with Crippen LogP contribution >= 0.6 is 7.82 Å². The van der Waals surface area contributed by atoms with Crippen LogP contribution in [0.4, 0.5) is 5.69 Å². The summed E-state index contributed by atoms with van der Waals surface area (Å²) >= 11 is 0. The van der Waals surface area contributed by atoms with Gasteiger partial charge in [-0.25, -0.2) is 4.57 Å². The van der Waals surface area contributed by atoms with Crippen molar-refractivity contribution in [3.63, 3.8) is 0 Å². The van der Waals surface area contributed by atoms with Crippen LogP contribution in [-0.4, -0.2) is 43.9 Å². The molecule has 11 heteroatoms. The van der Waals surface area contributed by atoms with Gasteiger partial charge >= 0.3 is 7.82 Å². The van der Waals surface area contributed by atoms with Gasteiger partial charge in [-0.15, -0.1) is 0 Å². The van der Waals surface area contributed by atoms with Crippen molar-refractivity contribution in [3.05, 3.63) is 65.4 Å². The summed E-state index contributed by atoms with van der Waals surface area (Å²) < 4.78 is 23.5. The van der Waals surface area contributed by atoms with Crippen molar-refractivity contribution in [1.82, 2.24) is 9.78 Å². The minimum atomic E-state index is -4.74. The van der Waals surface area contributed by atoms with E-state index in [0.717, 1.165) is 33.0 Å². The highest BCUT2D eigenvalue weighted by atomic mass is 31.2. The van der Waals surface area contributed by atoms with Crippen LogP contribution in [0.2, 0.25) is 0 Å². The van der Waals surface area contributed by atoms with Gasteiger partial charge in [0, 0.05) is 48.4 Å². The molecule has 1 aliphatic rings. The molecule has 4 rings (SSSR count). The van der Waals surface area contributed by atoms with E-state index in [9.17, 15) is 9.36 Å². The Morgan fingerprint density at radius 2 is 2.06 bits per heavy atom. The number of aliphatic hydroxyl groups excluding tert-OH is 1. The Morgan fingerprint density at radius 3 is 2.81 bits per heavy atom. The fourth-order valence-corrected chi connectivity index (χ4v) is 4.02. The molecule has 2 aromatic carbocycles. The first kappa shape index (κ1) is 25.6. The number of aromatic nitrogens is 2. The predicted octanol–water partition coefficient (Wildman–Crippen LogP) is 3.03. The number of unbranched alkanes of at least 4 members (excludes halogenated alkanes) is 1. The number of ether oxygens (including phenoxy) is 1. The van der Waals surface area contributed by atoms with Crippen molar-refractivity contribution in [2.24, 2.45) is 0 Å². The number of nitrogens with zero attached hydrogens (tertiary/aromatic N) is 3. The average molecular weight is 511 g/mol. The lowest BCUT2D eigenvalue weighted by Crippen LogP contribution is -2.30. The molecule has 3 aromatic rings. The number of anilines is 1. The highest BCUT2D eigenvalue weighted by Gasteiger charge is 2.22. The SMILES string of the molecule is CC(=O)N(COP(=O)(O)O)c1ccc2c(c1)OCc1cc(-c3ccccc3C#CCCCO)nn1C2. The van der Waals surface area contributed by atoms with E-state index in [0.29, 0.717) is 30.8 Å². The summed E-state index contributed by atoms with van der Waals surface area (Å²) in [7, 11) is -4.74. The molecule has 0 atom stereocenters. The van der Waals surface area contributed by atoms with E-state index in [-0.39, 0.29) is 13.2 Å². The maximum Gasteiger partial charge on any atom is 0.471 e. The van der Waals surface area contributed by atoms with Gasteiger partial charge in [-0.1, -0.05) is 36.1 Å². The number of carbonyl (C=O) groups is 1. The van der Waals surface area contributed by atoms with E-state index in [2.05, 4.69) is 16.4 Å². The Hall–Kier alpha value is -3.45. The van der Waals surface area contributed by atoms with Crippen molar-refractivity contribution >= 4 is 19.4 Å². The number of benzene rings is 2. The summed E-state index contributed by atoms with van der Waals surface area (Å²) in [6.45, 7) is 1.48. The first-order valence-corrected chi connectivity index (χ1v) is 12.8. The first-order valence-electron chi connectivity index (χ1n) is 11.2. The van der Waals surface area contributed by atoms with E-state index in [4.69, 9.17) is 24.7 Å². The summed E-state index contributed by atoms with van der Waals surface area (Å²) in [4.78, 5) is 31.1. The molecule has 2 heterocycles. The van der Waals surface area contributed by atoms with Crippen LogP contribution in [0, 0.1) is 11.8 Å². The van der Waals surface area contributed by atoms with Crippen LogP contribution in [0.3, 0.4) is 0 Å². The lowest BCUT2D eigenvalue weighted by Gasteiger charge is -2.22. The Labute approximate surface area is 208 Å². The van der Waals surface area contributed by atoms with Crippen LogP contribution in [0.5, 0.6) is 5.75 Å². The van der Waals surface area contributed by atoms with Crippen molar-refractivity contribution in [2.45, 2.75) is 32.9 Å². The summed E-state index contributed by atoms with van der Waals surface area (Å²) in [6.07, 6.45) is 1.25. The molecule has 0 aliphatic carbocycles. The van der Waals surface area contributed by atoms with Crippen molar-refractivity contribution < 1.29 is 33.5 Å². The molecule has 1 amide bonds. The van der Waals surface area contributed by atoms with Crippen molar-refractivity contribution in [1.29, 1.82) is 0 Å². The second kappa shape index (κ2) is 11.1. The van der Waals surface area contributed by atoms with E-state index in [1.54, 1.807) is 18.2 Å². The van der Waals surface area contributed by atoms with E-state index < -0.39 is 20.5 Å². The highest BCUT2D eigenvalue weighted by Crippen LogP contribution is 2.37. The Morgan fingerprint density at radius 1 is 1.25 bits per heavy atom. The van der Waals surface area contributed by atoms with Gasteiger partial charge in [0.05, 0.1) is 17.9 Å². The van der Waals surface area contributed by atoms with Gasteiger partial charge in [0.15, 0.2) is 0 Å². The molecular formula is C25H26N3O7P. The summed E-state index contributed by atoms with van der Waals surface area (Å²) in [6, 6.07) is 14.8. The molecule has 0 saturated carbocycles. The zero-order valence-electron chi connectivity index (χ0n) is 19.6. The first-order chi connectivity index (χ1) is 17.2. The Balaban J connectivity index is 1.58. The lowest BCUT2D eigenvalue weighted by molar-refractivity contribution is -0.117. The van der Waals surface area contributed by atoms with Gasteiger partial charge < -0.3 is 19.6 Å². The fourth-order valence-electron chi connectivity index (χ4n) is 3.75. The number of rotatable bonds is 7. The molecule has 36 heavy (non-hydrogen) atoms. The molecule has 1 aromatic heterocycles. The van der Waals surface area contributed by atoms with Crippen LogP contribution in [0.15, 0.2) is 48.5 Å². The fraction of sp³-hybridized carbons (Fsp3) is 0.280. The minimum Gasteiger partial charge on any atom is -0.487 e. The molecule has 10 nitrogen and oxygen atoms in total. The van der Waals surface area contributed by atoms with E-state index >= 15 is 0 Å². The smallest absolute Gasteiger partial charge is 0.471 e. The zero-order chi connectivity index (χ0) is 25.7. The van der Waals surface area contributed by atoms with Crippen molar-refractivity contribution in [2.75, 3.05) is 18.2 Å². The molecule has 3 N–H and O–H groups in total. The molecule has 0 saturated heterocycles. The minimum absolute atomic E-state index is 0.112. The highest BCUT2D eigenvalue weighted by molar-refractivity contribution is 7.46. The van der Waals surface area contributed by atoms with Crippen LogP contribution < -0.4 is 9.64 Å². The summed E-state index contributed by atoms with van der Waals surface area (Å²) in [5, 5.41) is 13.7. The van der Waals surface area contributed by atoms with Crippen LogP contribution in [0.1, 0.15) is 36.6 Å². The number of phosphoric acid groups is 1. The molecule has 1 aliphatic heterocycles. The third-order valence-corrected chi connectivity index (χ3v) is 5.99. The number of fused-ring (bicyclic) bond motifs is 2. The maximum atomic E-state index is 12.0. The van der Waals surface area contributed by atoms with Gasteiger partial charge in [0.2, 0.25) is 5.91 Å². The monoisotopic (exact) mass is 511 g/mol. The second-order valence-corrected chi connectivity index (χ2v) is 9.37. The molecule has 188 valence electrons. The van der Waals surface area contributed by atoms with Gasteiger partial charge in [-0.05, 0) is 24.6 Å². The predicted molar refractivity (Wildman–Crippen MR) is 132 cm³/mol. The molecule has 0 fully saturated rings. The van der Waals surface area contributed by atoms with Gasteiger partial charge in [0.1, 0.15) is 19.1 Å². The van der Waals surface area contributed by atoms with Crippen LogP contribution in [-0.2, 0) is 27.0 Å². The zero-order valence-corrected chi connectivity index (χ0v) is 20.5.